The van der Waals surface area contributed by atoms with Crippen molar-refractivity contribution in [2.24, 2.45) is 10.7 Å². The molecule has 2 N–H and O–H groups in total. The van der Waals surface area contributed by atoms with Crippen LogP contribution in [-0.4, -0.2) is 36.7 Å². The Hall–Kier alpha value is -2.50. The van der Waals surface area contributed by atoms with Crippen molar-refractivity contribution >= 4 is 11.7 Å². The molecule has 0 aliphatic carbocycles. The second-order valence-corrected chi connectivity index (χ2v) is 4.89. The fraction of sp³-hybridized carbons (Fsp3) is 0.333. The summed E-state index contributed by atoms with van der Waals surface area (Å²) in [6.45, 7) is 4.32. The highest BCUT2D eigenvalue weighted by atomic mass is 16.5. The maximum atomic E-state index is 5.56. The van der Waals surface area contributed by atoms with E-state index in [0.717, 1.165) is 30.1 Å². The molecule has 1 aliphatic rings. The third kappa shape index (κ3) is 2.99. The molecular formula is C15H18N4O2. The van der Waals surface area contributed by atoms with E-state index < -0.39 is 0 Å². The first kappa shape index (κ1) is 13.5. The Morgan fingerprint density at radius 2 is 2.33 bits per heavy atom. The molecule has 2 heterocycles. The van der Waals surface area contributed by atoms with E-state index in [1.807, 2.05) is 12.1 Å². The third-order valence-corrected chi connectivity index (χ3v) is 3.47. The van der Waals surface area contributed by atoms with Gasteiger partial charge < -0.3 is 19.8 Å². The van der Waals surface area contributed by atoms with Crippen LogP contribution in [0.2, 0.25) is 0 Å². The highest BCUT2D eigenvalue weighted by molar-refractivity contribution is 5.73. The third-order valence-electron chi connectivity index (χ3n) is 3.47. The van der Waals surface area contributed by atoms with Crippen molar-refractivity contribution in [3.8, 4) is 11.3 Å². The van der Waals surface area contributed by atoms with E-state index in [1.54, 1.807) is 6.20 Å². The SMILES string of the molecule is CCN(CC1COC(N)=N1)c1cccc(-c2cnco2)c1. The zero-order valence-electron chi connectivity index (χ0n) is 11.9. The van der Waals surface area contributed by atoms with E-state index >= 15 is 0 Å². The highest BCUT2D eigenvalue weighted by Gasteiger charge is 2.20. The Bertz CT molecular complexity index is 624. The van der Waals surface area contributed by atoms with Crippen LogP contribution >= 0.6 is 0 Å². The van der Waals surface area contributed by atoms with Crippen LogP contribution in [0.4, 0.5) is 5.69 Å². The van der Waals surface area contributed by atoms with Crippen LogP contribution in [-0.2, 0) is 4.74 Å². The molecule has 0 saturated heterocycles. The number of likely N-dealkylation sites (N-methyl/N-ethyl adjacent to an activating group) is 1. The van der Waals surface area contributed by atoms with Gasteiger partial charge in [0.2, 0.25) is 0 Å². The molecule has 0 spiro atoms. The summed E-state index contributed by atoms with van der Waals surface area (Å²) >= 11 is 0. The van der Waals surface area contributed by atoms with E-state index in [1.165, 1.54) is 6.39 Å². The number of aromatic nitrogens is 1. The predicted octanol–water partition coefficient (Wildman–Crippen LogP) is 1.88. The topological polar surface area (TPSA) is 76.9 Å². The summed E-state index contributed by atoms with van der Waals surface area (Å²) < 4.78 is 10.6. The van der Waals surface area contributed by atoms with Crippen LogP contribution in [0, 0.1) is 0 Å². The number of nitrogens with zero attached hydrogens (tertiary/aromatic N) is 3. The van der Waals surface area contributed by atoms with Crippen LogP contribution in [0.5, 0.6) is 0 Å². The minimum atomic E-state index is 0.0823. The second-order valence-electron chi connectivity index (χ2n) is 4.89. The summed E-state index contributed by atoms with van der Waals surface area (Å²) in [5.41, 5.74) is 7.69. The number of ether oxygens (including phenoxy) is 1. The zero-order chi connectivity index (χ0) is 14.7. The van der Waals surface area contributed by atoms with Gasteiger partial charge in [0, 0.05) is 24.3 Å². The molecule has 0 bridgehead atoms. The molecule has 0 fully saturated rings. The van der Waals surface area contributed by atoms with E-state index in [-0.39, 0.29) is 12.1 Å². The van der Waals surface area contributed by atoms with Crippen molar-refractivity contribution in [1.82, 2.24) is 4.98 Å². The van der Waals surface area contributed by atoms with Crippen molar-refractivity contribution in [1.29, 1.82) is 0 Å². The van der Waals surface area contributed by atoms with Crippen LogP contribution in [0.15, 0.2) is 46.3 Å². The summed E-state index contributed by atoms with van der Waals surface area (Å²) in [6, 6.07) is 8.55. The fourth-order valence-corrected chi connectivity index (χ4v) is 2.42. The van der Waals surface area contributed by atoms with Crippen LogP contribution in [0.3, 0.4) is 0 Å². The molecule has 6 nitrogen and oxygen atoms in total. The maximum Gasteiger partial charge on any atom is 0.282 e. The average molecular weight is 286 g/mol. The molecule has 0 radical (unpaired) electrons. The zero-order valence-corrected chi connectivity index (χ0v) is 11.9. The summed E-state index contributed by atoms with van der Waals surface area (Å²) in [5, 5.41) is 0. The van der Waals surface area contributed by atoms with E-state index in [0.29, 0.717) is 6.61 Å². The summed E-state index contributed by atoms with van der Waals surface area (Å²) in [5.74, 6) is 0.763. The molecule has 110 valence electrons. The Balaban J connectivity index is 1.79. The van der Waals surface area contributed by atoms with Crippen LogP contribution in [0.1, 0.15) is 6.92 Å². The van der Waals surface area contributed by atoms with Gasteiger partial charge in [0.05, 0.1) is 6.20 Å². The van der Waals surface area contributed by atoms with Crippen LogP contribution < -0.4 is 10.6 Å². The van der Waals surface area contributed by atoms with Crippen molar-refractivity contribution < 1.29 is 9.15 Å². The normalized spacial score (nSPS) is 17.4. The van der Waals surface area contributed by atoms with E-state index in [2.05, 4.69) is 33.9 Å². The molecule has 1 aromatic heterocycles. The quantitative estimate of drug-likeness (QED) is 0.908. The number of oxazole rings is 1. The number of aliphatic imine (C=N–C) groups is 1. The van der Waals surface area contributed by atoms with Gasteiger partial charge in [-0.1, -0.05) is 12.1 Å². The summed E-state index contributed by atoms with van der Waals surface area (Å²) in [6.07, 6.45) is 3.15. The van der Waals surface area contributed by atoms with Crippen molar-refractivity contribution in [2.45, 2.75) is 13.0 Å². The Morgan fingerprint density at radius 1 is 1.43 bits per heavy atom. The fourth-order valence-electron chi connectivity index (χ4n) is 2.42. The van der Waals surface area contributed by atoms with Crippen molar-refractivity contribution in [3.05, 3.63) is 36.9 Å². The predicted molar refractivity (Wildman–Crippen MR) is 81.2 cm³/mol. The molecule has 2 aromatic rings. The van der Waals surface area contributed by atoms with Gasteiger partial charge in [-0.25, -0.2) is 9.98 Å². The molecule has 21 heavy (non-hydrogen) atoms. The van der Waals surface area contributed by atoms with Gasteiger partial charge in [0.25, 0.3) is 6.02 Å². The molecular weight excluding hydrogens is 268 g/mol. The second kappa shape index (κ2) is 5.87. The number of nitrogens with two attached hydrogens (primary N) is 1. The molecule has 1 unspecified atom stereocenters. The summed E-state index contributed by atoms with van der Waals surface area (Å²) in [4.78, 5) is 10.5. The first-order chi connectivity index (χ1) is 10.3. The number of amidine groups is 1. The first-order valence-electron chi connectivity index (χ1n) is 6.96. The van der Waals surface area contributed by atoms with E-state index in [4.69, 9.17) is 14.9 Å². The Kier molecular flexibility index (Phi) is 3.77. The lowest BCUT2D eigenvalue weighted by Gasteiger charge is -2.25. The summed E-state index contributed by atoms with van der Waals surface area (Å²) in [7, 11) is 0. The van der Waals surface area contributed by atoms with Gasteiger partial charge in [0.1, 0.15) is 12.6 Å². The lowest BCUT2D eigenvalue weighted by atomic mass is 10.1. The standard InChI is InChI=1S/C15H18N4O2/c1-2-19(8-12-9-20-15(16)18-12)13-5-3-4-11(6-13)14-7-17-10-21-14/h3-7,10,12H,2,8-9H2,1H3,(H2,16,18). The first-order valence-corrected chi connectivity index (χ1v) is 6.96. The largest absolute Gasteiger partial charge is 0.463 e. The van der Waals surface area contributed by atoms with Crippen LogP contribution in [0.25, 0.3) is 11.3 Å². The molecule has 1 atom stereocenters. The number of hydrogen-bond donors (Lipinski definition) is 1. The molecule has 0 amide bonds. The number of rotatable bonds is 5. The average Bonchev–Trinajstić information content (AvgIpc) is 3.16. The molecule has 0 saturated carbocycles. The maximum absolute atomic E-state index is 5.56. The van der Waals surface area contributed by atoms with Gasteiger partial charge in [-0.05, 0) is 19.1 Å². The van der Waals surface area contributed by atoms with Gasteiger partial charge >= 0.3 is 0 Å². The lowest BCUT2D eigenvalue weighted by Crippen LogP contribution is -2.32. The monoisotopic (exact) mass is 286 g/mol. The molecule has 3 rings (SSSR count). The van der Waals surface area contributed by atoms with Gasteiger partial charge in [-0.2, -0.15) is 0 Å². The minimum absolute atomic E-state index is 0.0823. The number of hydrogen-bond acceptors (Lipinski definition) is 6. The van der Waals surface area contributed by atoms with Gasteiger partial charge in [-0.3, -0.25) is 0 Å². The smallest absolute Gasteiger partial charge is 0.282 e. The van der Waals surface area contributed by atoms with E-state index in [9.17, 15) is 0 Å². The molecule has 1 aliphatic heterocycles. The number of anilines is 1. The Labute approximate surface area is 123 Å². The van der Waals surface area contributed by atoms with Crippen molar-refractivity contribution in [2.75, 3.05) is 24.6 Å². The molecule has 6 heteroatoms. The Morgan fingerprint density at radius 3 is 3.00 bits per heavy atom. The van der Waals surface area contributed by atoms with Crippen molar-refractivity contribution in [3.63, 3.8) is 0 Å². The molecule has 1 aromatic carbocycles. The highest BCUT2D eigenvalue weighted by Crippen LogP contribution is 2.25. The number of benzene rings is 1. The minimum Gasteiger partial charge on any atom is -0.463 e. The van der Waals surface area contributed by atoms with Gasteiger partial charge in [0.15, 0.2) is 12.2 Å². The lowest BCUT2D eigenvalue weighted by molar-refractivity contribution is 0.313. The van der Waals surface area contributed by atoms with Gasteiger partial charge in [-0.15, -0.1) is 0 Å².